The van der Waals surface area contributed by atoms with Gasteiger partial charge in [-0.25, -0.2) is 0 Å². The number of hydrogen-bond donors (Lipinski definition) is 0. The normalized spacial score (nSPS) is 11.8. The molecule has 0 unspecified atom stereocenters. The molecule has 0 amide bonds. The third kappa shape index (κ3) is 1.02. The van der Waals surface area contributed by atoms with Crippen LogP contribution in [0, 0.1) is 0 Å². The van der Waals surface area contributed by atoms with E-state index in [2.05, 4.69) is 0 Å². The summed E-state index contributed by atoms with van der Waals surface area (Å²) in [6.45, 7) is 0. The van der Waals surface area contributed by atoms with Crippen LogP contribution in [0.25, 0.3) is 0 Å². The van der Waals surface area contributed by atoms with Crippen molar-refractivity contribution in [1.29, 1.82) is 0 Å². The fraction of sp³-hybridized carbons (Fsp3) is 0. The standard InChI is InChI=1S/5CO.Co/c5*1-2;. The van der Waals surface area contributed by atoms with E-state index in [0.717, 1.165) is 0 Å². The molecule has 5 nitrogen and oxygen atoms in total. The Morgan fingerprint density at radius 1 is 0.545 bits per heavy atom. The summed E-state index contributed by atoms with van der Waals surface area (Å²) in [5, 5.41) is 0. The van der Waals surface area contributed by atoms with Gasteiger partial charge in [-0.2, -0.15) is 0 Å². The molecule has 0 aliphatic carbocycles. The van der Waals surface area contributed by atoms with Crippen molar-refractivity contribution in [3.8, 4) is 0 Å². The first kappa shape index (κ1) is 9.41. The molecule has 0 aromatic rings. The first-order valence-corrected chi connectivity index (χ1v) is 4.46. The predicted molar refractivity (Wildman–Crippen MR) is 28.5 cm³/mol. The summed E-state index contributed by atoms with van der Waals surface area (Å²) in [7, 11) is -5.19. The summed E-state index contributed by atoms with van der Waals surface area (Å²) in [6, 6.07) is 0. The molecule has 0 saturated heterocycles. The second-order valence-electron chi connectivity index (χ2n) is 1.17. The Balaban J connectivity index is 9.33. The quantitative estimate of drug-likeness (QED) is 0.450. The molecule has 0 N–H and O–H groups in total. The molecular formula is C5CoO5. The average molecular weight is 199 g/mol. The van der Waals surface area contributed by atoms with E-state index in [0.29, 0.717) is 24.1 Å². The van der Waals surface area contributed by atoms with E-state index in [1.807, 2.05) is 0 Å². The molecule has 0 atom stereocenters. The van der Waals surface area contributed by atoms with Crippen LogP contribution in [-0.4, -0.2) is 24.1 Å². The van der Waals surface area contributed by atoms with E-state index < -0.39 is 9.40 Å². The monoisotopic (exact) mass is 199 g/mol. The molecule has 0 spiro atoms. The van der Waals surface area contributed by atoms with Crippen molar-refractivity contribution in [3.05, 3.63) is 0 Å². The van der Waals surface area contributed by atoms with Crippen LogP contribution in [0.4, 0.5) is 0 Å². The molecule has 11 heavy (non-hydrogen) atoms. The van der Waals surface area contributed by atoms with Crippen LogP contribution in [0.5, 0.6) is 0 Å². The second-order valence-corrected chi connectivity index (χ2v) is 4.84. The Morgan fingerprint density at radius 2 is 0.727 bits per heavy atom. The van der Waals surface area contributed by atoms with Crippen molar-refractivity contribution in [2.45, 2.75) is 0 Å². The average Bonchev–Trinajstić information content (AvgIpc) is 2.12. The van der Waals surface area contributed by atoms with Crippen molar-refractivity contribution in [2.75, 3.05) is 0 Å². The topological polar surface area (TPSA) is 85.3 Å². The van der Waals surface area contributed by atoms with Gasteiger partial charge >= 0.3 is 57.5 Å². The van der Waals surface area contributed by atoms with Crippen LogP contribution < -0.4 is 0 Å². The van der Waals surface area contributed by atoms with Gasteiger partial charge in [0.05, 0.1) is 0 Å². The molecule has 0 aliphatic rings. The van der Waals surface area contributed by atoms with E-state index >= 15 is 0 Å². The van der Waals surface area contributed by atoms with E-state index in [1.165, 1.54) is 0 Å². The number of carbonyl (C=O) groups excluding carboxylic acids is 5. The van der Waals surface area contributed by atoms with E-state index in [1.54, 1.807) is 0 Å². The van der Waals surface area contributed by atoms with Crippen LogP contribution in [0.3, 0.4) is 0 Å². The fourth-order valence-corrected chi connectivity index (χ4v) is 0.573. The first-order chi connectivity index (χ1) is 5.12. The molecule has 0 aliphatic heterocycles. The number of hydrogen-bond acceptors (Lipinski definition) is 5. The van der Waals surface area contributed by atoms with Crippen molar-refractivity contribution >= 4 is 24.1 Å². The summed E-state index contributed by atoms with van der Waals surface area (Å²) in [5.74, 6) is 0. The van der Waals surface area contributed by atoms with Crippen LogP contribution in [-0.2, 0) is 33.4 Å². The van der Waals surface area contributed by atoms with Crippen LogP contribution in [0.15, 0.2) is 0 Å². The third-order valence-electron chi connectivity index (χ3n) is 0.680. The molecule has 0 radical (unpaired) electrons. The Bertz CT molecular complexity index is 550. The summed E-state index contributed by atoms with van der Waals surface area (Å²) in [6.07, 6.45) is 0. The third-order valence-corrected chi connectivity index (χ3v) is 2.81. The second kappa shape index (κ2) is 2.57. The van der Waals surface area contributed by atoms with E-state index in [4.69, 9.17) is 0 Å². The fourth-order valence-electron chi connectivity index (χ4n) is 0.139. The zero-order chi connectivity index (χ0) is 8.98. The van der Waals surface area contributed by atoms with Gasteiger partial charge < -0.3 is 0 Å². The van der Waals surface area contributed by atoms with Gasteiger partial charge in [0.1, 0.15) is 0 Å². The molecule has 6 heteroatoms. The summed E-state index contributed by atoms with van der Waals surface area (Å²) < 4.78 is 0. The zero-order valence-corrected chi connectivity index (χ0v) is 5.92. The van der Waals surface area contributed by atoms with Crippen LogP contribution in [0.2, 0.25) is 0 Å². The Hall–Kier alpha value is -1.59. The number of rotatable bonds is 0. The Morgan fingerprint density at radius 3 is 0.727 bits per heavy atom. The summed E-state index contributed by atoms with van der Waals surface area (Å²) >= 11 is 0. The van der Waals surface area contributed by atoms with E-state index in [-0.39, 0.29) is 0 Å². The van der Waals surface area contributed by atoms with Gasteiger partial charge in [0.2, 0.25) is 0 Å². The maximum absolute atomic E-state index is 9.96. The molecule has 0 aromatic carbocycles. The summed E-state index contributed by atoms with van der Waals surface area (Å²) in [4.78, 5) is 53.3. The van der Waals surface area contributed by atoms with Gasteiger partial charge in [-0.3, -0.25) is 0 Å². The van der Waals surface area contributed by atoms with Crippen molar-refractivity contribution in [1.82, 2.24) is 0 Å². The molecule has 0 bridgehead atoms. The minimum absolute atomic E-state index is 0.712. The Kier molecular flexibility index (Phi) is 2.19. The van der Waals surface area contributed by atoms with Crippen molar-refractivity contribution in [2.24, 2.45) is 0 Å². The van der Waals surface area contributed by atoms with Gasteiger partial charge in [-0.05, 0) is 0 Å². The van der Waals surface area contributed by atoms with Gasteiger partial charge in [-0.15, -0.1) is 0 Å². The molecule has 0 saturated carbocycles. The molecule has 0 rings (SSSR count). The molecule has 0 heterocycles. The van der Waals surface area contributed by atoms with Gasteiger partial charge in [0.25, 0.3) is 0 Å². The molecule has 59 valence electrons. The van der Waals surface area contributed by atoms with Crippen LogP contribution >= 0.6 is 0 Å². The van der Waals surface area contributed by atoms with E-state index in [9.17, 15) is 24.0 Å². The maximum atomic E-state index is 9.96. The van der Waals surface area contributed by atoms with Gasteiger partial charge in [0, 0.05) is 0 Å². The van der Waals surface area contributed by atoms with Gasteiger partial charge in [-0.1, -0.05) is 0 Å². The van der Waals surface area contributed by atoms with Crippen molar-refractivity contribution in [3.63, 3.8) is 0 Å². The molecule has 0 fully saturated rings. The van der Waals surface area contributed by atoms with Crippen molar-refractivity contribution < 1.29 is 33.4 Å². The molecule has 0 aromatic heterocycles. The SMILES string of the molecule is O=[C]=[Co](=[C]=O)(=[C]=O)(=[C]=O)=[C]=O. The molecular weight excluding hydrogens is 199 g/mol. The Labute approximate surface area is 58.1 Å². The first-order valence-electron chi connectivity index (χ1n) is 1.85. The van der Waals surface area contributed by atoms with Gasteiger partial charge in [0.15, 0.2) is 0 Å². The van der Waals surface area contributed by atoms with Crippen LogP contribution in [0.1, 0.15) is 0 Å². The zero-order valence-electron chi connectivity index (χ0n) is 4.87. The summed E-state index contributed by atoms with van der Waals surface area (Å²) in [5.41, 5.74) is 0. The minimum atomic E-state index is -5.19. The predicted octanol–water partition coefficient (Wildman–Crippen LogP) is -1.99.